The van der Waals surface area contributed by atoms with E-state index in [4.69, 9.17) is 0 Å². The van der Waals surface area contributed by atoms with E-state index in [1.54, 1.807) is 0 Å². The molecule has 0 aliphatic rings. The van der Waals surface area contributed by atoms with Gasteiger partial charge in [-0.25, -0.2) is 0 Å². The second-order valence-electron chi connectivity index (χ2n) is 4.97. The van der Waals surface area contributed by atoms with Gasteiger partial charge in [-0.05, 0) is 34.9 Å². The van der Waals surface area contributed by atoms with E-state index in [2.05, 4.69) is 62.9 Å². The Hall–Kier alpha value is -2.08. The molecule has 110 valence electrons. The van der Waals surface area contributed by atoms with Crippen LogP contribution in [0.15, 0.2) is 73.3 Å². The van der Waals surface area contributed by atoms with Crippen LogP contribution in [0.2, 0.25) is 0 Å². The third-order valence-corrected chi connectivity index (χ3v) is 3.22. The summed E-state index contributed by atoms with van der Waals surface area (Å²) in [6.07, 6.45) is 10.7. The van der Waals surface area contributed by atoms with Gasteiger partial charge in [0.25, 0.3) is 0 Å². The Morgan fingerprint density at radius 3 is 2.24 bits per heavy atom. The lowest BCUT2D eigenvalue weighted by atomic mass is 10.0. The molecule has 0 heterocycles. The van der Waals surface area contributed by atoms with Crippen LogP contribution in [-0.4, -0.2) is 0 Å². The van der Waals surface area contributed by atoms with Crippen molar-refractivity contribution in [2.45, 2.75) is 33.6 Å². The Bertz CT molecular complexity index is 613. The maximum absolute atomic E-state index is 4.08. The van der Waals surface area contributed by atoms with Crippen LogP contribution < -0.4 is 0 Å². The minimum Gasteiger partial charge on any atom is -0.0912 e. The molecule has 0 radical (unpaired) electrons. The Balaban J connectivity index is 0.000000491. The summed E-state index contributed by atoms with van der Waals surface area (Å²) in [7, 11) is 0. The maximum atomic E-state index is 4.08. The second-order valence-corrected chi connectivity index (χ2v) is 4.97. The molecule has 0 saturated carbocycles. The van der Waals surface area contributed by atoms with Crippen molar-refractivity contribution in [2.75, 3.05) is 0 Å². The topological polar surface area (TPSA) is 0 Å². The standard InChI is InChI=1S/C17H16.C4H10/c1-3-4-5-8-14(2)16-12-11-15-9-6-7-10-17(15)13-16;1-3-4-2/h3-13H,2H2,1H3;3-4H2,1-2H3/b4-3-,8-5-;. The van der Waals surface area contributed by atoms with Crippen molar-refractivity contribution in [1.29, 1.82) is 0 Å². The van der Waals surface area contributed by atoms with Gasteiger partial charge < -0.3 is 0 Å². The lowest BCUT2D eigenvalue weighted by molar-refractivity contribution is 0.886. The molecule has 2 aromatic rings. The minimum absolute atomic E-state index is 1.04. The molecule has 0 atom stereocenters. The molecule has 0 spiro atoms. The van der Waals surface area contributed by atoms with Crippen molar-refractivity contribution in [3.05, 3.63) is 78.9 Å². The third-order valence-electron chi connectivity index (χ3n) is 3.22. The van der Waals surface area contributed by atoms with Crippen LogP contribution in [0.1, 0.15) is 39.2 Å². The van der Waals surface area contributed by atoms with Gasteiger partial charge in [0, 0.05) is 0 Å². The Kier molecular flexibility index (Phi) is 7.89. The lowest BCUT2D eigenvalue weighted by Crippen LogP contribution is -1.80. The van der Waals surface area contributed by atoms with E-state index in [0.717, 1.165) is 5.57 Å². The fraction of sp³-hybridized carbons (Fsp3) is 0.238. The highest BCUT2D eigenvalue weighted by molar-refractivity contribution is 5.87. The van der Waals surface area contributed by atoms with Crippen molar-refractivity contribution in [3.8, 4) is 0 Å². The highest BCUT2D eigenvalue weighted by Crippen LogP contribution is 2.20. The van der Waals surface area contributed by atoms with Crippen molar-refractivity contribution >= 4 is 16.3 Å². The number of hydrogen-bond donors (Lipinski definition) is 0. The molecular weight excluding hydrogens is 252 g/mol. The molecule has 0 amide bonds. The van der Waals surface area contributed by atoms with Crippen molar-refractivity contribution in [2.24, 2.45) is 0 Å². The number of fused-ring (bicyclic) bond motifs is 1. The molecule has 0 aliphatic carbocycles. The zero-order valence-corrected chi connectivity index (χ0v) is 13.5. The van der Waals surface area contributed by atoms with E-state index in [-0.39, 0.29) is 0 Å². The van der Waals surface area contributed by atoms with Gasteiger partial charge in [-0.3, -0.25) is 0 Å². The molecule has 0 aliphatic heterocycles. The minimum atomic E-state index is 1.04. The SMILES string of the molecule is C=C(/C=C\C=C/C)c1ccc2ccccc2c1.CCCC. The summed E-state index contributed by atoms with van der Waals surface area (Å²) in [5, 5.41) is 2.52. The summed E-state index contributed by atoms with van der Waals surface area (Å²) < 4.78 is 0. The predicted octanol–water partition coefficient (Wildman–Crippen LogP) is 6.79. The van der Waals surface area contributed by atoms with Crippen LogP contribution in [0, 0.1) is 0 Å². The summed E-state index contributed by atoms with van der Waals surface area (Å²) >= 11 is 0. The van der Waals surface area contributed by atoms with E-state index in [9.17, 15) is 0 Å². The van der Waals surface area contributed by atoms with Gasteiger partial charge in [0.05, 0.1) is 0 Å². The summed E-state index contributed by atoms with van der Waals surface area (Å²) in [6.45, 7) is 10.4. The van der Waals surface area contributed by atoms with Crippen LogP contribution in [0.4, 0.5) is 0 Å². The van der Waals surface area contributed by atoms with E-state index >= 15 is 0 Å². The number of rotatable bonds is 4. The highest BCUT2D eigenvalue weighted by atomic mass is 14.0. The smallest absolute Gasteiger partial charge is 0.0178 e. The first kappa shape index (κ1) is 17.0. The first-order valence-electron chi connectivity index (χ1n) is 7.70. The molecule has 0 fully saturated rings. The largest absolute Gasteiger partial charge is 0.0912 e. The summed E-state index contributed by atoms with van der Waals surface area (Å²) in [6, 6.07) is 14.8. The van der Waals surface area contributed by atoms with Gasteiger partial charge in [0.1, 0.15) is 0 Å². The predicted molar refractivity (Wildman–Crippen MR) is 97.5 cm³/mol. The molecule has 21 heavy (non-hydrogen) atoms. The van der Waals surface area contributed by atoms with Crippen molar-refractivity contribution in [1.82, 2.24) is 0 Å². The quantitative estimate of drug-likeness (QED) is 0.540. The zero-order valence-electron chi connectivity index (χ0n) is 13.5. The Morgan fingerprint density at radius 2 is 1.62 bits per heavy atom. The molecule has 0 heteroatoms. The number of hydrogen-bond acceptors (Lipinski definition) is 0. The van der Waals surface area contributed by atoms with Gasteiger partial charge in [-0.2, -0.15) is 0 Å². The fourth-order valence-electron chi connectivity index (χ4n) is 1.77. The molecular formula is C21H26. The molecule has 0 unspecified atom stereocenters. The third kappa shape index (κ3) is 5.83. The molecule has 2 aromatic carbocycles. The maximum Gasteiger partial charge on any atom is -0.0178 e. The normalized spacial score (nSPS) is 10.8. The fourth-order valence-corrected chi connectivity index (χ4v) is 1.77. The van der Waals surface area contributed by atoms with Crippen molar-refractivity contribution in [3.63, 3.8) is 0 Å². The van der Waals surface area contributed by atoms with Crippen LogP contribution in [0.25, 0.3) is 16.3 Å². The van der Waals surface area contributed by atoms with E-state index < -0.39 is 0 Å². The number of allylic oxidation sites excluding steroid dienone is 5. The molecule has 0 N–H and O–H groups in total. The van der Waals surface area contributed by atoms with Gasteiger partial charge in [0.15, 0.2) is 0 Å². The van der Waals surface area contributed by atoms with E-state index in [1.807, 2.05) is 31.2 Å². The first-order chi connectivity index (χ1) is 10.2. The van der Waals surface area contributed by atoms with Gasteiger partial charge in [-0.15, -0.1) is 0 Å². The second kappa shape index (κ2) is 9.77. The summed E-state index contributed by atoms with van der Waals surface area (Å²) in [4.78, 5) is 0. The molecule has 0 aromatic heterocycles. The Morgan fingerprint density at radius 1 is 0.952 bits per heavy atom. The molecule has 0 bridgehead atoms. The molecule has 0 nitrogen and oxygen atoms in total. The average Bonchev–Trinajstić information content (AvgIpc) is 2.54. The summed E-state index contributed by atoms with van der Waals surface area (Å²) in [5.74, 6) is 0. The van der Waals surface area contributed by atoms with Crippen LogP contribution >= 0.6 is 0 Å². The number of benzene rings is 2. The molecule has 2 rings (SSSR count). The van der Waals surface area contributed by atoms with Crippen molar-refractivity contribution < 1.29 is 0 Å². The lowest BCUT2D eigenvalue weighted by Gasteiger charge is -2.03. The van der Waals surface area contributed by atoms with Gasteiger partial charge in [0.2, 0.25) is 0 Å². The van der Waals surface area contributed by atoms with Gasteiger partial charge in [-0.1, -0.05) is 94.0 Å². The van der Waals surface area contributed by atoms with E-state index in [1.165, 1.54) is 29.2 Å². The molecule has 0 saturated heterocycles. The number of unbranched alkanes of at least 4 members (excludes halogenated alkanes) is 1. The van der Waals surface area contributed by atoms with Gasteiger partial charge >= 0.3 is 0 Å². The zero-order chi connectivity index (χ0) is 15.5. The average molecular weight is 278 g/mol. The van der Waals surface area contributed by atoms with Crippen LogP contribution in [0.5, 0.6) is 0 Å². The van der Waals surface area contributed by atoms with E-state index in [0.29, 0.717) is 0 Å². The first-order valence-corrected chi connectivity index (χ1v) is 7.70. The monoisotopic (exact) mass is 278 g/mol. The highest BCUT2D eigenvalue weighted by Gasteiger charge is 1.97. The van der Waals surface area contributed by atoms with Crippen LogP contribution in [-0.2, 0) is 0 Å². The Labute approximate surface area is 129 Å². The summed E-state index contributed by atoms with van der Waals surface area (Å²) in [5.41, 5.74) is 2.21. The van der Waals surface area contributed by atoms with Crippen LogP contribution in [0.3, 0.4) is 0 Å².